The third-order valence-corrected chi connectivity index (χ3v) is 13.9. The van der Waals surface area contributed by atoms with Gasteiger partial charge in [0.25, 0.3) is 7.82 Å². The van der Waals surface area contributed by atoms with Crippen LogP contribution in [0.3, 0.4) is 0 Å². The third-order valence-electron chi connectivity index (χ3n) is 12.9. The van der Waals surface area contributed by atoms with Crippen LogP contribution in [0.4, 0.5) is 0 Å². The summed E-state index contributed by atoms with van der Waals surface area (Å²) in [7, 11) is 1.24. The highest BCUT2D eigenvalue weighted by Gasteiger charge is 2.23. The second-order valence-corrected chi connectivity index (χ2v) is 22.4. The summed E-state index contributed by atoms with van der Waals surface area (Å²) >= 11 is 0. The second-order valence-electron chi connectivity index (χ2n) is 21.0. The number of aliphatic hydroxyl groups excluding tert-OH is 1. The maximum absolute atomic E-state index is 13.0. The van der Waals surface area contributed by atoms with Crippen molar-refractivity contribution in [1.82, 2.24) is 5.32 Å². The lowest BCUT2D eigenvalue weighted by molar-refractivity contribution is -0.870. The fraction of sp³-hybridized carbons (Fsp3) is 0.787. The molecule has 8 nitrogen and oxygen atoms in total. The van der Waals surface area contributed by atoms with Crippen LogP contribution in [0, 0.1) is 0 Å². The standard InChI is InChI=1S/C61H113N2O6P/c1-6-8-10-12-14-16-18-20-22-24-26-28-29-30-31-32-33-35-36-38-40-42-44-46-48-50-52-54-60(64)59(58-69-70(66,67)68-57-56-63(3,4)5)62-61(65)55-53-51-49-47-45-43-41-39-37-34-27-25-23-21-19-17-15-13-11-9-7-2/h9,11,15,17,21,23,27,34,39,41,52,54,59-60,64H,6-8,10,12-14,16,18-20,22,24-26,28-33,35-38,40,42-51,53,55-58H2,1-5H3,(H-,62,65,66,67)/b11-9-,17-15-,23-21-,34-27-,41-39-,54-52+. The van der Waals surface area contributed by atoms with Crippen molar-refractivity contribution in [2.45, 2.75) is 270 Å². The van der Waals surface area contributed by atoms with E-state index in [2.05, 4.69) is 79.9 Å². The fourth-order valence-corrected chi connectivity index (χ4v) is 9.08. The molecule has 0 saturated carbocycles. The van der Waals surface area contributed by atoms with Gasteiger partial charge in [-0.3, -0.25) is 9.36 Å². The molecule has 2 N–H and O–H groups in total. The largest absolute Gasteiger partial charge is 0.756 e. The highest BCUT2D eigenvalue weighted by atomic mass is 31.2. The Balaban J connectivity index is 4.24. The maximum Gasteiger partial charge on any atom is 0.268 e. The lowest BCUT2D eigenvalue weighted by Gasteiger charge is -2.29. The van der Waals surface area contributed by atoms with E-state index in [1.165, 1.54) is 148 Å². The Morgan fingerprint density at radius 3 is 1.27 bits per heavy atom. The lowest BCUT2D eigenvalue weighted by Crippen LogP contribution is -2.45. The first kappa shape index (κ1) is 67.9. The van der Waals surface area contributed by atoms with E-state index in [0.717, 1.165) is 89.9 Å². The zero-order valence-electron chi connectivity index (χ0n) is 46.5. The molecule has 0 aliphatic heterocycles. The highest BCUT2D eigenvalue weighted by Crippen LogP contribution is 2.38. The molecule has 3 atom stereocenters. The molecule has 0 rings (SSSR count). The van der Waals surface area contributed by atoms with Crippen LogP contribution < -0.4 is 10.2 Å². The van der Waals surface area contributed by atoms with Gasteiger partial charge in [-0.2, -0.15) is 0 Å². The number of allylic oxidation sites excluding steroid dienone is 11. The van der Waals surface area contributed by atoms with Crippen LogP contribution in [0.15, 0.2) is 72.9 Å². The molecule has 0 aromatic heterocycles. The number of unbranched alkanes of at least 4 members (excludes halogenated alkanes) is 30. The average Bonchev–Trinajstić information content (AvgIpc) is 3.32. The summed E-state index contributed by atoms with van der Waals surface area (Å²) in [5, 5.41) is 13.9. The van der Waals surface area contributed by atoms with Crippen LogP contribution in [0.1, 0.15) is 258 Å². The van der Waals surface area contributed by atoms with Gasteiger partial charge in [-0.05, 0) is 64.2 Å². The van der Waals surface area contributed by atoms with E-state index in [1.54, 1.807) is 6.08 Å². The number of nitrogens with zero attached hydrogens (tertiary/aromatic N) is 1. The smallest absolute Gasteiger partial charge is 0.268 e. The molecule has 0 radical (unpaired) electrons. The van der Waals surface area contributed by atoms with Gasteiger partial charge in [0, 0.05) is 6.42 Å². The van der Waals surface area contributed by atoms with E-state index >= 15 is 0 Å². The second kappa shape index (κ2) is 51.8. The van der Waals surface area contributed by atoms with E-state index in [0.29, 0.717) is 17.4 Å². The summed E-state index contributed by atoms with van der Waals surface area (Å²) in [6.07, 6.45) is 71.2. The van der Waals surface area contributed by atoms with Crippen molar-refractivity contribution in [2.75, 3.05) is 40.9 Å². The number of carbonyl (C=O) groups is 1. The Bertz CT molecular complexity index is 1370. The Labute approximate surface area is 434 Å². The van der Waals surface area contributed by atoms with Gasteiger partial charge in [0.2, 0.25) is 5.91 Å². The number of phosphoric ester groups is 1. The number of phosphoric acid groups is 1. The number of nitrogens with one attached hydrogen (secondary N) is 1. The van der Waals surface area contributed by atoms with E-state index in [4.69, 9.17) is 9.05 Å². The van der Waals surface area contributed by atoms with E-state index in [1.807, 2.05) is 27.2 Å². The molecule has 0 heterocycles. The molecule has 70 heavy (non-hydrogen) atoms. The van der Waals surface area contributed by atoms with Crippen molar-refractivity contribution >= 4 is 13.7 Å². The van der Waals surface area contributed by atoms with E-state index < -0.39 is 26.6 Å². The van der Waals surface area contributed by atoms with Crippen molar-refractivity contribution < 1.29 is 32.9 Å². The predicted molar refractivity (Wildman–Crippen MR) is 302 cm³/mol. The normalized spacial score (nSPS) is 14.4. The molecule has 0 spiro atoms. The molecule has 1 amide bonds. The van der Waals surface area contributed by atoms with Crippen molar-refractivity contribution in [2.24, 2.45) is 0 Å². The molecular weight excluding hydrogens is 888 g/mol. The van der Waals surface area contributed by atoms with Gasteiger partial charge in [0.15, 0.2) is 0 Å². The Morgan fingerprint density at radius 1 is 0.514 bits per heavy atom. The van der Waals surface area contributed by atoms with Crippen LogP contribution in [0.2, 0.25) is 0 Å². The van der Waals surface area contributed by atoms with Gasteiger partial charge in [0.1, 0.15) is 13.2 Å². The Kier molecular flexibility index (Phi) is 50.3. The first-order chi connectivity index (χ1) is 34.0. The van der Waals surface area contributed by atoms with Gasteiger partial charge in [-0.25, -0.2) is 0 Å². The highest BCUT2D eigenvalue weighted by molar-refractivity contribution is 7.45. The minimum absolute atomic E-state index is 0.00824. The van der Waals surface area contributed by atoms with Gasteiger partial charge >= 0.3 is 0 Å². The average molecular weight is 1000 g/mol. The zero-order valence-corrected chi connectivity index (χ0v) is 47.4. The molecule has 408 valence electrons. The number of carbonyl (C=O) groups excluding carboxylic acids is 1. The molecule has 0 bridgehead atoms. The van der Waals surface area contributed by atoms with Crippen molar-refractivity contribution in [3.05, 3.63) is 72.9 Å². The molecule has 0 aliphatic carbocycles. The minimum Gasteiger partial charge on any atom is -0.756 e. The fourth-order valence-electron chi connectivity index (χ4n) is 8.36. The zero-order chi connectivity index (χ0) is 51.3. The minimum atomic E-state index is -4.61. The van der Waals surface area contributed by atoms with Gasteiger partial charge in [-0.15, -0.1) is 0 Å². The summed E-state index contributed by atoms with van der Waals surface area (Å²) in [5.74, 6) is -0.216. The van der Waals surface area contributed by atoms with Crippen molar-refractivity contribution in [3.8, 4) is 0 Å². The van der Waals surface area contributed by atoms with Crippen molar-refractivity contribution in [3.63, 3.8) is 0 Å². The van der Waals surface area contributed by atoms with E-state index in [9.17, 15) is 19.4 Å². The molecule has 0 fully saturated rings. The monoisotopic (exact) mass is 1000 g/mol. The van der Waals surface area contributed by atoms with Crippen LogP contribution in [0.5, 0.6) is 0 Å². The van der Waals surface area contributed by atoms with Gasteiger partial charge < -0.3 is 28.8 Å². The summed E-state index contributed by atoms with van der Waals surface area (Å²) < 4.78 is 23.4. The quantitative estimate of drug-likeness (QED) is 0.0272. The number of hydrogen-bond donors (Lipinski definition) is 2. The number of rotatable bonds is 53. The van der Waals surface area contributed by atoms with Crippen LogP contribution >= 0.6 is 7.82 Å². The Morgan fingerprint density at radius 2 is 0.871 bits per heavy atom. The van der Waals surface area contributed by atoms with Crippen molar-refractivity contribution in [1.29, 1.82) is 0 Å². The third kappa shape index (κ3) is 53.7. The van der Waals surface area contributed by atoms with Crippen LogP contribution in [-0.2, 0) is 18.4 Å². The van der Waals surface area contributed by atoms with Crippen LogP contribution in [0.25, 0.3) is 0 Å². The van der Waals surface area contributed by atoms with Gasteiger partial charge in [0.05, 0.1) is 39.9 Å². The lowest BCUT2D eigenvalue weighted by atomic mass is 10.0. The molecule has 0 aromatic carbocycles. The number of amides is 1. The van der Waals surface area contributed by atoms with E-state index in [-0.39, 0.29) is 12.5 Å². The molecule has 9 heteroatoms. The molecular formula is C61H113N2O6P. The maximum atomic E-state index is 13.0. The number of quaternary nitrogens is 1. The van der Waals surface area contributed by atoms with Gasteiger partial charge in [-0.1, -0.05) is 260 Å². The SMILES string of the molecule is CC/C=C\C/C=C\C/C=C\C/C=C\C/C=C\CCCCCCCC(=O)NC(COP(=O)([O-])OCC[N+](C)(C)C)C(O)/C=C/CCCCCCCCCCCCCCCCCCCCCCCCCCC. The summed E-state index contributed by atoms with van der Waals surface area (Å²) in [6, 6.07) is -0.902. The Hall–Kier alpha value is -2.06. The topological polar surface area (TPSA) is 108 Å². The number of hydrogen-bond acceptors (Lipinski definition) is 6. The molecule has 3 unspecified atom stereocenters. The van der Waals surface area contributed by atoms with Crippen LogP contribution in [-0.4, -0.2) is 68.5 Å². The summed E-state index contributed by atoms with van der Waals surface area (Å²) in [5.41, 5.74) is 0. The first-order valence-corrected chi connectivity index (χ1v) is 30.8. The number of aliphatic hydroxyl groups is 1. The first-order valence-electron chi connectivity index (χ1n) is 29.3. The predicted octanol–water partition coefficient (Wildman–Crippen LogP) is 17.2. The summed E-state index contributed by atoms with van der Waals surface area (Å²) in [4.78, 5) is 25.5. The number of likely N-dealkylation sites (N-methyl/N-ethyl adjacent to an activating group) is 1. The molecule has 0 saturated heterocycles. The molecule has 0 aromatic rings. The summed E-state index contributed by atoms with van der Waals surface area (Å²) in [6.45, 7) is 4.54. The molecule has 0 aliphatic rings.